The molecule has 1 atom stereocenters. The SMILES string of the molecule is Cc1cc(C)cc(CN[C@H](C)c2cccnc2)c1. The van der Waals surface area contributed by atoms with Crippen LogP contribution >= 0.6 is 0 Å². The quantitative estimate of drug-likeness (QED) is 0.884. The summed E-state index contributed by atoms with van der Waals surface area (Å²) in [4.78, 5) is 4.15. The van der Waals surface area contributed by atoms with Crippen LogP contribution in [0, 0.1) is 13.8 Å². The molecule has 0 fully saturated rings. The molecule has 0 aliphatic rings. The van der Waals surface area contributed by atoms with Gasteiger partial charge in [0.05, 0.1) is 0 Å². The summed E-state index contributed by atoms with van der Waals surface area (Å²) in [5.41, 5.74) is 5.20. The monoisotopic (exact) mass is 240 g/mol. The topological polar surface area (TPSA) is 24.9 Å². The molecule has 0 radical (unpaired) electrons. The summed E-state index contributed by atoms with van der Waals surface area (Å²) in [6, 6.07) is 11.1. The Morgan fingerprint density at radius 1 is 1.17 bits per heavy atom. The van der Waals surface area contributed by atoms with E-state index in [-0.39, 0.29) is 0 Å². The first kappa shape index (κ1) is 12.8. The number of hydrogen-bond acceptors (Lipinski definition) is 2. The molecule has 1 aromatic heterocycles. The van der Waals surface area contributed by atoms with Crippen molar-refractivity contribution in [3.05, 3.63) is 65.0 Å². The molecule has 2 nitrogen and oxygen atoms in total. The first-order valence-electron chi connectivity index (χ1n) is 6.35. The number of rotatable bonds is 4. The van der Waals surface area contributed by atoms with E-state index >= 15 is 0 Å². The molecule has 18 heavy (non-hydrogen) atoms. The van der Waals surface area contributed by atoms with Gasteiger partial charge in [-0.1, -0.05) is 35.4 Å². The minimum absolute atomic E-state index is 0.319. The highest BCUT2D eigenvalue weighted by Gasteiger charge is 2.04. The molecule has 0 bridgehead atoms. The molecule has 2 heteroatoms. The second-order valence-electron chi connectivity index (χ2n) is 4.88. The molecular formula is C16H20N2. The Kier molecular flexibility index (Phi) is 4.11. The maximum atomic E-state index is 4.15. The summed E-state index contributed by atoms with van der Waals surface area (Å²) in [6.07, 6.45) is 3.72. The summed E-state index contributed by atoms with van der Waals surface area (Å²) in [7, 11) is 0. The lowest BCUT2D eigenvalue weighted by molar-refractivity contribution is 0.573. The van der Waals surface area contributed by atoms with Gasteiger partial charge in [-0.15, -0.1) is 0 Å². The van der Waals surface area contributed by atoms with Gasteiger partial charge in [0.25, 0.3) is 0 Å². The third-order valence-electron chi connectivity index (χ3n) is 3.08. The van der Waals surface area contributed by atoms with Gasteiger partial charge in [-0.05, 0) is 38.0 Å². The standard InChI is InChI=1S/C16H20N2/c1-12-7-13(2)9-15(8-12)10-18-14(3)16-5-4-6-17-11-16/h4-9,11,14,18H,10H2,1-3H3/t14-/m1/s1. The van der Waals surface area contributed by atoms with E-state index in [1.807, 2.05) is 12.3 Å². The minimum atomic E-state index is 0.319. The molecular weight excluding hydrogens is 220 g/mol. The van der Waals surface area contributed by atoms with Gasteiger partial charge >= 0.3 is 0 Å². The molecule has 94 valence electrons. The predicted molar refractivity (Wildman–Crippen MR) is 75.4 cm³/mol. The molecule has 1 heterocycles. The van der Waals surface area contributed by atoms with Gasteiger partial charge in [-0.3, -0.25) is 4.98 Å². The number of aromatic nitrogens is 1. The summed E-state index contributed by atoms with van der Waals surface area (Å²) in [5.74, 6) is 0. The molecule has 2 aromatic rings. The van der Waals surface area contributed by atoms with Gasteiger partial charge in [0.15, 0.2) is 0 Å². The number of aryl methyl sites for hydroxylation is 2. The Morgan fingerprint density at radius 3 is 2.50 bits per heavy atom. The van der Waals surface area contributed by atoms with E-state index in [1.54, 1.807) is 6.20 Å². The first-order valence-corrected chi connectivity index (χ1v) is 6.35. The van der Waals surface area contributed by atoms with Crippen molar-refractivity contribution in [1.29, 1.82) is 0 Å². The summed E-state index contributed by atoms with van der Waals surface area (Å²) in [5, 5.41) is 3.53. The largest absolute Gasteiger partial charge is 0.306 e. The molecule has 0 aliphatic heterocycles. The number of nitrogens with one attached hydrogen (secondary N) is 1. The highest BCUT2D eigenvalue weighted by molar-refractivity contribution is 5.28. The van der Waals surface area contributed by atoms with Crippen LogP contribution in [0.15, 0.2) is 42.7 Å². The maximum Gasteiger partial charge on any atom is 0.0315 e. The zero-order valence-electron chi connectivity index (χ0n) is 11.3. The lowest BCUT2D eigenvalue weighted by Crippen LogP contribution is -2.18. The van der Waals surface area contributed by atoms with Crippen molar-refractivity contribution in [3.8, 4) is 0 Å². The van der Waals surface area contributed by atoms with Crippen LogP contribution in [0.4, 0.5) is 0 Å². The first-order chi connectivity index (χ1) is 8.65. The van der Waals surface area contributed by atoms with Crippen molar-refractivity contribution in [2.75, 3.05) is 0 Å². The third kappa shape index (κ3) is 3.41. The van der Waals surface area contributed by atoms with Crippen molar-refractivity contribution in [2.24, 2.45) is 0 Å². The Hall–Kier alpha value is -1.67. The van der Waals surface area contributed by atoms with E-state index in [9.17, 15) is 0 Å². The van der Waals surface area contributed by atoms with Crippen molar-refractivity contribution >= 4 is 0 Å². The zero-order chi connectivity index (χ0) is 13.0. The van der Waals surface area contributed by atoms with Crippen molar-refractivity contribution in [2.45, 2.75) is 33.4 Å². The van der Waals surface area contributed by atoms with E-state index < -0.39 is 0 Å². The van der Waals surface area contributed by atoms with Crippen LogP contribution in [0.2, 0.25) is 0 Å². The Labute approximate surface area is 109 Å². The molecule has 1 N–H and O–H groups in total. The fraction of sp³-hybridized carbons (Fsp3) is 0.312. The second-order valence-corrected chi connectivity index (χ2v) is 4.88. The van der Waals surface area contributed by atoms with Crippen LogP contribution < -0.4 is 5.32 Å². The van der Waals surface area contributed by atoms with Gasteiger partial charge < -0.3 is 5.32 Å². The van der Waals surface area contributed by atoms with Crippen LogP contribution in [0.25, 0.3) is 0 Å². The minimum Gasteiger partial charge on any atom is -0.306 e. The van der Waals surface area contributed by atoms with E-state index in [2.05, 4.69) is 55.3 Å². The van der Waals surface area contributed by atoms with E-state index in [0.29, 0.717) is 6.04 Å². The molecule has 0 amide bonds. The summed E-state index contributed by atoms with van der Waals surface area (Å²) in [6.45, 7) is 7.33. The Morgan fingerprint density at radius 2 is 1.89 bits per heavy atom. The average molecular weight is 240 g/mol. The average Bonchev–Trinajstić information content (AvgIpc) is 2.36. The van der Waals surface area contributed by atoms with Gasteiger partial charge in [-0.25, -0.2) is 0 Å². The second kappa shape index (κ2) is 5.78. The molecule has 0 saturated heterocycles. The number of pyridine rings is 1. The lowest BCUT2D eigenvalue weighted by atomic mass is 10.1. The van der Waals surface area contributed by atoms with Crippen LogP contribution in [0.3, 0.4) is 0 Å². The predicted octanol–water partition coefficient (Wildman–Crippen LogP) is 3.55. The van der Waals surface area contributed by atoms with E-state index in [1.165, 1.54) is 22.3 Å². The Bertz CT molecular complexity index is 486. The molecule has 2 rings (SSSR count). The van der Waals surface area contributed by atoms with Gasteiger partial charge in [0.2, 0.25) is 0 Å². The highest BCUT2D eigenvalue weighted by atomic mass is 14.9. The van der Waals surface area contributed by atoms with Crippen LogP contribution in [0.5, 0.6) is 0 Å². The summed E-state index contributed by atoms with van der Waals surface area (Å²) >= 11 is 0. The number of hydrogen-bond donors (Lipinski definition) is 1. The lowest BCUT2D eigenvalue weighted by Gasteiger charge is -2.14. The van der Waals surface area contributed by atoms with Gasteiger partial charge in [0.1, 0.15) is 0 Å². The van der Waals surface area contributed by atoms with Crippen molar-refractivity contribution in [1.82, 2.24) is 10.3 Å². The molecule has 0 aliphatic carbocycles. The molecule has 0 spiro atoms. The maximum absolute atomic E-state index is 4.15. The van der Waals surface area contributed by atoms with Gasteiger partial charge in [-0.2, -0.15) is 0 Å². The fourth-order valence-electron chi connectivity index (χ4n) is 2.19. The van der Waals surface area contributed by atoms with Gasteiger partial charge in [0, 0.05) is 25.0 Å². The van der Waals surface area contributed by atoms with Crippen molar-refractivity contribution < 1.29 is 0 Å². The summed E-state index contributed by atoms with van der Waals surface area (Å²) < 4.78 is 0. The van der Waals surface area contributed by atoms with Crippen LogP contribution in [-0.2, 0) is 6.54 Å². The van der Waals surface area contributed by atoms with E-state index in [0.717, 1.165) is 6.54 Å². The fourth-order valence-corrected chi connectivity index (χ4v) is 2.19. The van der Waals surface area contributed by atoms with Crippen LogP contribution in [0.1, 0.15) is 35.2 Å². The highest BCUT2D eigenvalue weighted by Crippen LogP contribution is 2.13. The van der Waals surface area contributed by atoms with Crippen LogP contribution in [-0.4, -0.2) is 4.98 Å². The smallest absolute Gasteiger partial charge is 0.0315 e. The molecule has 0 unspecified atom stereocenters. The molecule has 1 aromatic carbocycles. The number of benzene rings is 1. The normalized spacial score (nSPS) is 12.4. The van der Waals surface area contributed by atoms with E-state index in [4.69, 9.17) is 0 Å². The number of nitrogens with zero attached hydrogens (tertiary/aromatic N) is 1. The Balaban J connectivity index is 1.99. The third-order valence-corrected chi connectivity index (χ3v) is 3.08. The molecule has 0 saturated carbocycles. The van der Waals surface area contributed by atoms with Crippen molar-refractivity contribution in [3.63, 3.8) is 0 Å². The zero-order valence-corrected chi connectivity index (χ0v) is 11.3.